The number of aliphatic hydroxyl groups is 1. The molecule has 0 radical (unpaired) electrons. The summed E-state index contributed by atoms with van der Waals surface area (Å²) in [7, 11) is 0. The van der Waals surface area contributed by atoms with Crippen molar-refractivity contribution in [3.05, 3.63) is 36.2 Å². The largest absolute Gasteiger partial charge is 0.392 e. The Labute approximate surface area is 135 Å². The van der Waals surface area contributed by atoms with Gasteiger partial charge in [0.1, 0.15) is 5.69 Å². The van der Waals surface area contributed by atoms with Gasteiger partial charge in [0.25, 0.3) is 5.91 Å². The van der Waals surface area contributed by atoms with Crippen molar-refractivity contribution in [3.8, 4) is 0 Å². The van der Waals surface area contributed by atoms with Crippen molar-refractivity contribution in [2.75, 3.05) is 13.1 Å². The number of carbonyl (C=O) groups excluding carboxylic acids is 1. The molecule has 0 bridgehead atoms. The summed E-state index contributed by atoms with van der Waals surface area (Å²) in [5.41, 5.74) is 1.84. The summed E-state index contributed by atoms with van der Waals surface area (Å²) in [5.74, 6) is -0.0681. The van der Waals surface area contributed by atoms with Gasteiger partial charge >= 0.3 is 0 Å². The fourth-order valence-corrected chi connectivity index (χ4v) is 4.15. The maximum atomic E-state index is 12.8. The van der Waals surface area contributed by atoms with E-state index in [1.54, 1.807) is 6.20 Å². The zero-order valence-electron chi connectivity index (χ0n) is 13.1. The minimum atomic E-state index is -0.277. The molecule has 120 valence electrons. The number of aromatic nitrogens is 2. The van der Waals surface area contributed by atoms with Gasteiger partial charge in [-0.25, -0.2) is 4.98 Å². The van der Waals surface area contributed by atoms with Crippen molar-refractivity contribution < 1.29 is 9.90 Å². The highest BCUT2D eigenvalue weighted by atomic mass is 16.3. The van der Waals surface area contributed by atoms with Gasteiger partial charge in [-0.1, -0.05) is 18.6 Å². The van der Waals surface area contributed by atoms with Gasteiger partial charge in [-0.3, -0.25) is 9.78 Å². The van der Waals surface area contributed by atoms with Crippen molar-refractivity contribution in [2.24, 2.45) is 5.41 Å². The van der Waals surface area contributed by atoms with Crippen LogP contribution >= 0.6 is 0 Å². The van der Waals surface area contributed by atoms with E-state index in [0.717, 1.165) is 49.7 Å². The number of carbonyl (C=O) groups is 1. The first-order chi connectivity index (χ1) is 11.2. The van der Waals surface area contributed by atoms with E-state index in [1.807, 2.05) is 29.2 Å². The Morgan fingerprint density at radius 1 is 1.22 bits per heavy atom. The van der Waals surface area contributed by atoms with Gasteiger partial charge < -0.3 is 10.0 Å². The molecule has 1 N–H and O–H groups in total. The minimum absolute atomic E-state index is 0.0681. The highest BCUT2D eigenvalue weighted by Crippen LogP contribution is 2.45. The Bertz CT molecular complexity index is 748. The van der Waals surface area contributed by atoms with Crippen LogP contribution in [0.5, 0.6) is 0 Å². The zero-order valence-corrected chi connectivity index (χ0v) is 13.1. The molecule has 2 atom stereocenters. The molecule has 2 heterocycles. The third-order valence-electron chi connectivity index (χ3n) is 5.42. The Morgan fingerprint density at radius 2 is 2.00 bits per heavy atom. The SMILES string of the molecule is O=C(c1cnc2ccccc2n1)N1CCC[C@]2(CCC[C@H]2O)C1. The molecule has 2 aromatic rings. The third kappa shape index (κ3) is 2.49. The molecule has 1 spiro atoms. The average Bonchev–Trinajstić information content (AvgIpc) is 2.93. The number of amides is 1. The quantitative estimate of drug-likeness (QED) is 0.878. The highest BCUT2D eigenvalue weighted by Gasteiger charge is 2.45. The molecule has 1 aromatic heterocycles. The van der Waals surface area contributed by atoms with Crippen LogP contribution in [0.1, 0.15) is 42.6 Å². The van der Waals surface area contributed by atoms with Crippen molar-refractivity contribution in [2.45, 2.75) is 38.2 Å². The lowest BCUT2D eigenvalue weighted by molar-refractivity contribution is -0.00555. The Morgan fingerprint density at radius 3 is 2.78 bits per heavy atom. The maximum absolute atomic E-state index is 12.8. The number of likely N-dealkylation sites (tertiary alicyclic amines) is 1. The smallest absolute Gasteiger partial charge is 0.274 e. The van der Waals surface area contributed by atoms with Crippen LogP contribution in [0, 0.1) is 5.41 Å². The first kappa shape index (κ1) is 14.6. The summed E-state index contributed by atoms with van der Waals surface area (Å²) < 4.78 is 0. The molecule has 1 saturated heterocycles. The van der Waals surface area contributed by atoms with Gasteiger partial charge in [0.15, 0.2) is 0 Å². The van der Waals surface area contributed by atoms with Crippen molar-refractivity contribution in [3.63, 3.8) is 0 Å². The average molecular weight is 311 g/mol. The predicted octanol–water partition coefficient (Wildman–Crippen LogP) is 2.40. The van der Waals surface area contributed by atoms with E-state index in [1.165, 1.54) is 0 Å². The van der Waals surface area contributed by atoms with Gasteiger partial charge in [-0.2, -0.15) is 0 Å². The lowest BCUT2D eigenvalue weighted by Crippen LogP contribution is -2.49. The van der Waals surface area contributed by atoms with Crippen molar-refractivity contribution in [1.82, 2.24) is 14.9 Å². The Hall–Kier alpha value is -2.01. The highest BCUT2D eigenvalue weighted by molar-refractivity contribution is 5.93. The van der Waals surface area contributed by atoms with Crippen LogP contribution in [-0.4, -0.2) is 45.1 Å². The number of aliphatic hydroxyl groups excluding tert-OH is 1. The molecule has 23 heavy (non-hydrogen) atoms. The van der Waals surface area contributed by atoms with Gasteiger partial charge in [0, 0.05) is 18.5 Å². The second kappa shape index (κ2) is 5.57. The number of hydrogen-bond acceptors (Lipinski definition) is 4. The summed E-state index contributed by atoms with van der Waals surface area (Å²) in [4.78, 5) is 23.5. The molecule has 5 nitrogen and oxygen atoms in total. The number of benzene rings is 1. The second-order valence-electron chi connectivity index (χ2n) is 6.84. The van der Waals surface area contributed by atoms with Crippen molar-refractivity contribution >= 4 is 16.9 Å². The predicted molar refractivity (Wildman–Crippen MR) is 87.0 cm³/mol. The van der Waals surface area contributed by atoms with E-state index in [4.69, 9.17) is 0 Å². The first-order valence-corrected chi connectivity index (χ1v) is 8.37. The van der Waals surface area contributed by atoms with E-state index in [0.29, 0.717) is 12.2 Å². The monoisotopic (exact) mass is 311 g/mol. The van der Waals surface area contributed by atoms with Gasteiger partial charge in [-0.05, 0) is 37.8 Å². The van der Waals surface area contributed by atoms with Crippen LogP contribution in [0.4, 0.5) is 0 Å². The van der Waals surface area contributed by atoms with E-state index < -0.39 is 0 Å². The summed E-state index contributed by atoms with van der Waals surface area (Å²) in [5, 5.41) is 10.3. The molecule has 1 amide bonds. The number of piperidine rings is 1. The molecule has 4 rings (SSSR count). The standard InChI is InChI=1S/C18H21N3O2/c22-16-7-3-8-18(16)9-4-10-21(12-18)17(23)15-11-19-13-5-1-2-6-14(13)20-15/h1-2,5-6,11,16,22H,3-4,7-10,12H2/t16-,18-/m1/s1. The summed E-state index contributed by atoms with van der Waals surface area (Å²) >= 11 is 0. The van der Waals surface area contributed by atoms with E-state index in [2.05, 4.69) is 9.97 Å². The van der Waals surface area contributed by atoms with Gasteiger partial charge in [0.05, 0.1) is 23.3 Å². The summed E-state index contributed by atoms with van der Waals surface area (Å²) in [6.07, 6.45) is 6.18. The number of rotatable bonds is 1. The Kier molecular flexibility index (Phi) is 3.53. The van der Waals surface area contributed by atoms with Gasteiger partial charge in [0.2, 0.25) is 0 Å². The zero-order chi connectivity index (χ0) is 15.9. The van der Waals surface area contributed by atoms with E-state index in [-0.39, 0.29) is 17.4 Å². The molecule has 2 aliphatic rings. The number of nitrogens with zero attached hydrogens (tertiary/aromatic N) is 3. The van der Waals surface area contributed by atoms with Crippen molar-refractivity contribution in [1.29, 1.82) is 0 Å². The lowest BCUT2D eigenvalue weighted by Gasteiger charge is -2.42. The second-order valence-corrected chi connectivity index (χ2v) is 6.84. The van der Waals surface area contributed by atoms with Gasteiger partial charge in [-0.15, -0.1) is 0 Å². The van der Waals surface area contributed by atoms with Crippen LogP contribution in [0.3, 0.4) is 0 Å². The Balaban J connectivity index is 1.60. The topological polar surface area (TPSA) is 66.3 Å². The van der Waals surface area contributed by atoms with Crippen LogP contribution in [-0.2, 0) is 0 Å². The molecule has 2 fully saturated rings. The number of para-hydroxylation sites is 2. The molecular formula is C18H21N3O2. The van der Waals surface area contributed by atoms with Crippen LogP contribution in [0.15, 0.2) is 30.5 Å². The normalized spacial score (nSPS) is 27.7. The lowest BCUT2D eigenvalue weighted by atomic mass is 9.76. The molecule has 1 aliphatic heterocycles. The summed E-state index contributed by atoms with van der Waals surface area (Å²) in [6.45, 7) is 1.38. The maximum Gasteiger partial charge on any atom is 0.274 e. The summed E-state index contributed by atoms with van der Waals surface area (Å²) in [6, 6.07) is 7.57. The fraction of sp³-hybridized carbons (Fsp3) is 0.500. The molecular weight excluding hydrogens is 290 g/mol. The molecule has 0 unspecified atom stereocenters. The van der Waals surface area contributed by atoms with Crippen LogP contribution in [0.2, 0.25) is 0 Å². The van der Waals surface area contributed by atoms with E-state index in [9.17, 15) is 9.90 Å². The number of hydrogen-bond donors (Lipinski definition) is 1. The van der Waals surface area contributed by atoms with Crippen LogP contribution < -0.4 is 0 Å². The minimum Gasteiger partial charge on any atom is -0.392 e. The fourth-order valence-electron chi connectivity index (χ4n) is 4.15. The number of fused-ring (bicyclic) bond motifs is 1. The molecule has 1 aromatic carbocycles. The van der Waals surface area contributed by atoms with Crippen LogP contribution in [0.25, 0.3) is 11.0 Å². The van der Waals surface area contributed by atoms with E-state index >= 15 is 0 Å². The molecule has 1 aliphatic carbocycles. The first-order valence-electron chi connectivity index (χ1n) is 8.37. The molecule has 5 heteroatoms. The third-order valence-corrected chi connectivity index (χ3v) is 5.42. The molecule has 1 saturated carbocycles.